The molecule has 0 aliphatic rings. The Labute approximate surface area is 203 Å². The highest BCUT2D eigenvalue weighted by atomic mass is 35.5. The van der Waals surface area contributed by atoms with Crippen molar-refractivity contribution in [3.8, 4) is 22.4 Å². The van der Waals surface area contributed by atoms with E-state index < -0.39 is 11.3 Å². The van der Waals surface area contributed by atoms with Gasteiger partial charge in [0.1, 0.15) is 11.2 Å². The van der Waals surface area contributed by atoms with Gasteiger partial charge in [0.05, 0.1) is 16.4 Å². The van der Waals surface area contributed by atoms with Gasteiger partial charge < -0.3 is 5.32 Å². The number of ketones is 1. The number of carbonyl (C=O) groups is 2. The lowest BCUT2D eigenvalue weighted by Crippen LogP contribution is -2.26. The van der Waals surface area contributed by atoms with E-state index in [0.717, 1.165) is 5.56 Å². The number of halogens is 3. The van der Waals surface area contributed by atoms with E-state index in [4.69, 9.17) is 39.8 Å². The van der Waals surface area contributed by atoms with Crippen molar-refractivity contribution in [1.82, 2.24) is 9.55 Å². The number of aromatic nitrogens is 2. The number of rotatable bonds is 5. The van der Waals surface area contributed by atoms with Crippen molar-refractivity contribution in [2.75, 3.05) is 5.32 Å². The van der Waals surface area contributed by atoms with Crippen LogP contribution in [-0.4, -0.2) is 21.7 Å². The second-order valence-electron chi connectivity index (χ2n) is 7.32. The van der Waals surface area contributed by atoms with Crippen molar-refractivity contribution in [2.24, 2.45) is 7.05 Å². The Kier molecular flexibility index (Phi) is 6.26. The maximum absolute atomic E-state index is 13.0. The summed E-state index contributed by atoms with van der Waals surface area (Å²) in [5, 5.41) is 4.34. The fourth-order valence-corrected chi connectivity index (χ4v) is 4.34. The average molecular weight is 501 g/mol. The SMILES string of the molecule is CC(=O)c1c(NC=O)c2cc(-c3ccc(Cl)cc3)c(-c3ccc(Cl)cc3Cl)nc2n(C)c1=O. The summed E-state index contributed by atoms with van der Waals surface area (Å²) in [6, 6.07) is 13.9. The van der Waals surface area contributed by atoms with Crippen molar-refractivity contribution in [1.29, 1.82) is 0 Å². The highest BCUT2D eigenvalue weighted by molar-refractivity contribution is 6.36. The summed E-state index contributed by atoms with van der Waals surface area (Å²) < 4.78 is 1.28. The van der Waals surface area contributed by atoms with Crippen LogP contribution in [0.15, 0.2) is 53.3 Å². The molecule has 0 spiro atoms. The molecule has 0 bridgehead atoms. The third-order valence-electron chi connectivity index (χ3n) is 5.25. The predicted molar refractivity (Wildman–Crippen MR) is 133 cm³/mol. The maximum atomic E-state index is 13.0. The number of Topliss-reactive ketones (excluding diaryl/α,β-unsaturated/α-hetero) is 1. The number of hydrogen-bond donors (Lipinski definition) is 1. The lowest BCUT2D eigenvalue weighted by Gasteiger charge is -2.17. The molecule has 0 atom stereocenters. The fraction of sp³-hybridized carbons (Fsp3) is 0.0833. The summed E-state index contributed by atoms with van der Waals surface area (Å²) in [5.74, 6) is -0.472. The van der Waals surface area contributed by atoms with Gasteiger partial charge in [-0.3, -0.25) is 19.0 Å². The molecule has 2 heterocycles. The van der Waals surface area contributed by atoms with Crippen molar-refractivity contribution in [3.05, 3.63) is 79.5 Å². The molecule has 0 saturated heterocycles. The Balaban J connectivity index is 2.20. The highest BCUT2D eigenvalue weighted by Crippen LogP contribution is 2.39. The molecular formula is C24H16Cl3N3O3. The normalized spacial score (nSPS) is 10.9. The summed E-state index contributed by atoms with van der Waals surface area (Å²) in [7, 11) is 1.52. The first kappa shape index (κ1) is 23.0. The van der Waals surface area contributed by atoms with Crippen LogP contribution < -0.4 is 10.9 Å². The van der Waals surface area contributed by atoms with Gasteiger partial charge in [0.2, 0.25) is 6.41 Å². The molecule has 166 valence electrons. The first-order valence-electron chi connectivity index (χ1n) is 9.73. The van der Waals surface area contributed by atoms with Gasteiger partial charge in [-0.1, -0.05) is 46.9 Å². The van der Waals surface area contributed by atoms with Crippen molar-refractivity contribution < 1.29 is 9.59 Å². The average Bonchev–Trinajstić information content (AvgIpc) is 2.77. The minimum Gasteiger partial charge on any atom is -0.327 e. The third kappa shape index (κ3) is 4.13. The number of nitrogens with zero attached hydrogens (tertiary/aromatic N) is 2. The monoisotopic (exact) mass is 499 g/mol. The summed E-state index contributed by atoms with van der Waals surface area (Å²) >= 11 is 18.7. The minimum atomic E-state index is -0.570. The van der Waals surface area contributed by atoms with E-state index in [1.165, 1.54) is 18.5 Å². The fourth-order valence-electron chi connectivity index (χ4n) is 3.72. The molecule has 1 N–H and O–H groups in total. The Bertz CT molecular complexity index is 1500. The number of benzene rings is 2. The van der Waals surface area contributed by atoms with E-state index in [2.05, 4.69) is 5.32 Å². The number of carbonyl (C=O) groups excluding carboxylic acids is 2. The van der Waals surface area contributed by atoms with Crippen LogP contribution in [0.2, 0.25) is 15.1 Å². The Morgan fingerprint density at radius 1 is 1.00 bits per heavy atom. The second kappa shape index (κ2) is 8.98. The maximum Gasteiger partial charge on any atom is 0.264 e. The van der Waals surface area contributed by atoms with Gasteiger partial charge in [-0.15, -0.1) is 0 Å². The largest absolute Gasteiger partial charge is 0.327 e. The lowest BCUT2D eigenvalue weighted by atomic mass is 9.96. The van der Waals surface area contributed by atoms with E-state index in [1.54, 1.807) is 36.4 Å². The highest BCUT2D eigenvalue weighted by Gasteiger charge is 2.23. The number of amides is 1. The van der Waals surface area contributed by atoms with Gasteiger partial charge in [0, 0.05) is 33.6 Å². The number of anilines is 1. The van der Waals surface area contributed by atoms with Gasteiger partial charge in [-0.25, -0.2) is 4.98 Å². The van der Waals surface area contributed by atoms with Crippen molar-refractivity contribution in [3.63, 3.8) is 0 Å². The standard InChI is InChI=1S/C24H16Cl3N3O3/c1-12(32)20-22(28-11-31)18-10-17(13-3-5-14(25)6-4-13)21(29-23(18)30(2)24(20)33)16-8-7-15(26)9-19(16)27/h3-11H,1-2H3,(H,28,31). The van der Waals surface area contributed by atoms with Gasteiger partial charge in [-0.05, 0) is 48.9 Å². The van der Waals surface area contributed by atoms with Gasteiger partial charge >= 0.3 is 0 Å². The van der Waals surface area contributed by atoms with Crippen LogP contribution in [0.4, 0.5) is 5.69 Å². The van der Waals surface area contributed by atoms with Crippen LogP contribution in [0.3, 0.4) is 0 Å². The van der Waals surface area contributed by atoms with Gasteiger partial charge in [0.15, 0.2) is 5.78 Å². The lowest BCUT2D eigenvalue weighted by molar-refractivity contribution is -0.105. The third-order valence-corrected chi connectivity index (χ3v) is 6.05. The second-order valence-corrected chi connectivity index (χ2v) is 8.60. The Hall–Kier alpha value is -3.19. The Morgan fingerprint density at radius 3 is 2.27 bits per heavy atom. The minimum absolute atomic E-state index is 0.104. The van der Waals surface area contributed by atoms with Crippen LogP contribution in [0.5, 0.6) is 0 Å². The molecule has 2 aromatic carbocycles. The molecule has 1 amide bonds. The zero-order valence-corrected chi connectivity index (χ0v) is 19.7. The smallest absolute Gasteiger partial charge is 0.264 e. The molecule has 9 heteroatoms. The topological polar surface area (TPSA) is 81.1 Å². The zero-order valence-electron chi connectivity index (χ0n) is 17.4. The molecule has 0 fully saturated rings. The van der Waals surface area contributed by atoms with E-state index in [9.17, 15) is 14.4 Å². The number of aryl methyl sites for hydroxylation is 1. The number of nitrogens with one attached hydrogen (secondary N) is 1. The van der Waals surface area contributed by atoms with E-state index in [0.29, 0.717) is 43.7 Å². The molecule has 33 heavy (non-hydrogen) atoms. The first-order valence-corrected chi connectivity index (χ1v) is 10.9. The number of fused-ring (bicyclic) bond motifs is 1. The first-order chi connectivity index (χ1) is 15.7. The summed E-state index contributed by atoms with van der Waals surface area (Å²) in [5.41, 5.74) is 2.20. The molecule has 0 aliphatic heterocycles. The van der Waals surface area contributed by atoms with Crippen LogP contribution in [0.1, 0.15) is 17.3 Å². The number of pyridine rings is 2. The Morgan fingerprint density at radius 2 is 1.67 bits per heavy atom. The molecule has 4 aromatic rings. The van der Waals surface area contributed by atoms with Gasteiger partial charge in [0.25, 0.3) is 5.56 Å². The van der Waals surface area contributed by atoms with Crippen molar-refractivity contribution >= 4 is 63.7 Å². The van der Waals surface area contributed by atoms with Crippen molar-refractivity contribution in [2.45, 2.75) is 6.92 Å². The van der Waals surface area contributed by atoms with E-state index >= 15 is 0 Å². The quantitative estimate of drug-likeness (QED) is 0.269. The number of hydrogen-bond acceptors (Lipinski definition) is 4. The predicted octanol–water partition coefficient (Wildman–Crippen LogP) is 6.00. The van der Waals surface area contributed by atoms with E-state index in [1.807, 2.05) is 12.1 Å². The molecule has 6 nitrogen and oxygen atoms in total. The van der Waals surface area contributed by atoms with Crippen LogP contribution in [0, 0.1) is 0 Å². The zero-order chi connectivity index (χ0) is 23.9. The van der Waals surface area contributed by atoms with Crippen LogP contribution >= 0.6 is 34.8 Å². The van der Waals surface area contributed by atoms with Crippen LogP contribution in [-0.2, 0) is 11.8 Å². The van der Waals surface area contributed by atoms with Gasteiger partial charge in [-0.2, -0.15) is 0 Å². The molecular weight excluding hydrogens is 485 g/mol. The summed E-state index contributed by atoms with van der Waals surface area (Å²) in [6.07, 6.45) is 0.423. The molecule has 4 rings (SSSR count). The van der Waals surface area contributed by atoms with E-state index in [-0.39, 0.29) is 16.9 Å². The molecule has 0 unspecified atom stereocenters. The molecule has 0 radical (unpaired) electrons. The summed E-state index contributed by atoms with van der Waals surface area (Å²) in [6.45, 7) is 1.27. The molecule has 0 saturated carbocycles. The van der Waals surface area contributed by atoms with Crippen LogP contribution in [0.25, 0.3) is 33.4 Å². The molecule has 0 aliphatic carbocycles. The summed E-state index contributed by atoms with van der Waals surface area (Å²) in [4.78, 5) is 41.4. The molecule has 2 aromatic heterocycles.